The third kappa shape index (κ3) is 4.43. The number of thiophene rings is 1. The predicted molar refractivity (Wildman–Crippen MR) is 97.2 cm³/mol. The highest BCUT2D eigenvalue weighted by Crippen LogP contribution is 2.29. The van der Waals surface area contributed by atoms with Crippen molar-refractivity contribution < 1.29 is 18.0 Å². The van der Waals surface area contributed by atoms with Crippen molar-refractivity contribution in [1.82, 2.24) is 14.9 Å². The number of nitrogens with zero attached hydrogens (tertiary/aromatic N) is 2. The molecule has 0 fully saturated rings. The molecule has 0 radical (unpaired) electrons. The maximum absolute atomic E-state index is 12.7. The molecule has 3 rings (SSSR count). The summed E-state index contributed by atoms with van der Waals surface area (Å²) in [5.41, 5.74) is -0.237. The van der Waals surface area contributed by atoms with E-state index in [4.69, 9.17) is 0 Å². The van der Waals surface area contributed by atoms with E-state index in [1.54, 1.807) is 11.4 Å². The van der Waals surface area contributed by atoms with Crippen LogP contribution in [0.3, 0.4) is 0 Å². The molecule has 1 N–H and O–H groups in total. The fourth-order valence-corrected chi connectivity index (χ4v) is 3.14. The van der Waals surface area contributed by atoms with E-state index in [1.807, 2.05) is 0 Å². The Balaban J connectivity index is 1.71. The van der Waals surface area contributed by atoms with Crippen LogP contribution in [0.25, 0.3) is 16.3 Å². The van der Waals surface area contributed by atoms with Gasteiger partial charge in [-0.05, 0) is 35.2 Å². The standard InChI is InChI=1S/C18H14F3N3O2S/c1-24(10-14-22-13-7-8-27-16(13)17(26)23-14)15(25)6-5-11-3-2-4-12(9-11)18(19,20)21/h2-9H,10H2,1H3,(H,22,23,26)/b6-5+. The van der Waals surface area contributed by atoms with Crippen molar-refractivity contribution in [2.45, 2.75) is 12.7 Å². The first-order valence-corrected chi connectivity index (χ1v) is 8.69. The number of aromatic amines is 1. The van der Waals surface area contributed by atoms with Gasteiger partial charge in [-0.15, -0.1) is 11.3 Å². The largest absolute Gasteiger partial charge is 0.416 e. The summed E-state index contributed by atoms with van der Waals surface area (Å²) in [6.07, 6.45) is -1.95. The van der Waals surface area contributed by atoms with Crippen LogP contribution in [0.2, 0.25) is 0 Å². The van der Waals surface area contributed by atoms with E-state index in [0.29, 0.717) is 16.0 Å². The first kappa shape index (κ1) is 18.8. The fraction of sp³-hybridized carbons (Fsp3) is 0.167. The van der Waals surface area contributed by atoms with E-state index in [-0.39, 0.29) is 17.7 Å². The minimum atomic E-state index is -4.44. The zero-order valence-electron chi connectivity index (χ0n) is 14.1. The molecule has 27 heavy (non-hydrogen) atoms. The number of carbonyl (C=O) groups excluding carboxylic acids is 1. The second-order valence-corrected chi connectivity index (χ2v) is 6.71. The number of H-pyrrole nitrogens is 1. The third-order valence-corrected chi connectivity index (χ3v) is 4.66. The van der Waals surface area contributed by atoms with Crippen LogP contribution in [0.1, 0.15) is 17.0 Å². The lowest BCUT2D eigenvalue weighted by molar-refractivity contribution is -0.137. The number of halogens is 3. The molecule has 2 heterocycles. The zero-order valence-corrected chi connectivity index (χ0v) is 14.9. The Bertz CT molecular complexity index is 1070. The number of nitrogens with one attached hydrogen (secondary N) is 1. The second kappa shape index (κ2) is 7.36. The van der Waals surface area contributed by atoms with E-state index in [2.05, 4.69) is 9.97 Å². The van der Waals surface area contributed by atoms with E-state index in [1.165, 1.54) is 47.6 Å². The monoisotopic (exact) mass is 393 g/mol. The van der Waals surface area contributed by atoms with Gasteiger partial charge in [0.2, 0.25) is 5.91 Å². The van der Waals surface area contributed by atoms with Gasteiger partial charge in [-0.3, -0.25) is 9.59 Å². The summed E-state index contributed by atoms with van der Waals surface area (Å²) in [4.78, 5) is 32.4. The molecule has 0 aliphatic rings. The van der Waals surface area contributed by atoms with Crippen LogP contribution >= 0.6 is 11.3 Å². The van der Waals surface area contributed by atoms with Crippen LogP contribution in [0.5, 0.6) is 0 Å². The Kier molecular flexibility index (Phi) is 5.13. The average molecular weight is 393 g/mol. The first-order valence-electron chi connectivity index (χ1n) is 7.81. The third-order valence-electron chi connectivity index (χ3n) is 3.76. The average Bonchev–Trinajstić information content (AvgIpc) is 3.08. The summed E-state index contributed by atoms with van der Waals surface area (Å²) in [6, 6.07) is 6.40. The number of likely N-dealkylation sites (N-methyl/N-ethyl adjacent to an activating group) is 1. The van der Waals surface area contributed by atoms with Crippen molar-refractivity contribution in [1.29, 1.82) is 0 Å². The van der Waals surface area contributed by atoms with Gasteiger partial charge in [-0.2, -0.15) is 13.2 Å². The lowest BCUT2D eigenvalue weighted by Crippen LogP contribution is -2.26. The Morgan fingerprint density at radius 2 is 2.11 bits per heavy atom. The molecule has 0 spiro atoms. The molecule has 2 aromatic heterocycles. The van der Waals surface area contributed by atoms with Crippen LogP contribution in [0.15, 0.2) is 46.6 Å². The first-order chi connectivity index (χ1) is 12.7. The van der Waals surface area contributed by atoms with Crippen molar-refractivity contribution in [2.75, 3.05) is 7.05 Å². The van der Waals surface area contributed by atoms with Crippen LogP contribution in [0, 0.1) is 0 Å². The van der Waals surface area contributed by atoms with Gasteiger partial charge in [0.05, 0.1) is 17.6 Å². The van der Waals surface area contributed by atoms with Gasteiger partial charge in [0.1, 0.15) is 10.5 Å². The van der Waals surface area contributed by atoms with Crippen molar-refractivity contribution in [3.63, 3.8) is 0 Å². The molecule has 9 heteroatoms. The number of fused-ring (bicyclic) bond motifs is 1. The molecule has 0 aliphatic heterocycles. The SMILES string of the molecule is CN(Cc1nc2ccsc2c(=O)[nH]1)C(=O)/C=C/c1cccc(C(F)(F)F)c1. The van der Waals surface area contributed by atoms with Crippen molar-refractivity contribution >= 4 is 33.5 Å². The maximum atomic E-state index is 12.7. The lowest BCUT2D eigenvalue weighted by Gasteiger charge is -2.14. The molecule has 0 atom stereocenters. The van der Waals surface area contributed by atoms with Crippen LogP contribution in [0.4, 0.5) is 13.2 Å². The fourth-order valence-electron chi connectivity index (χ4n) is 2.41. The molecule has 140 valence electrons. The number of hydrogen-bond donors (Lipinski definition) is 1. The Morgan fingerprint density at radius 1 is 1.33 bits per heavy atom. The van der Waals surface area contributed by atoms with Gasteiger partial charge in [0.25, 0.3) is 5.56 Å². The van der Waals surface area contributed by atoms with Crippen LogP contribution in [-0.2, 0) is 17.5 Å². The summed E-state index contributed by atoms with van der Waals surface area (Å²) in [5.74, 6) is -0.102. The van der Waals surface area contributed by atoms with Crippen molar-refractivity contribution in [3.05, 3.63) is 69.1 Å². The summed E-state index contributed by atoms with van der Waals surface area (Å²) in [5, 5.41) is 1.75. The predicted octanol–water partition coefficient (Wildman–Crippen LogP) is 3.68. The topological polar surface area (TPSA) is 66.1 Å². The highest BCUT2D eigenvalue weighted by Gasteiger charge is 2.30. The summed E-state index contributed by atoms with van der Waals surface area (Å²) in [6.45, 7) is 0.0623. The van der Waals surface area contributed by atoms with Crippen LogP contribution in [-0.4, -0.2) is 27.8 Å². The molecule has 0 saturated carbocycles. The minimum Gasteiger partial charge on any atom is -0.335 e. The maximum Gasteiger partial charge on any atom is 0.416 e. The van der Waals surface area contributed by atoms with Gasteiger partial charge < -0.3 is 9.88 Å². The van der Waals surface area contributed by atoms with Gasteiger partial charge in [-0.1, -0.05) is 12.1 Å². The Hall–Kier alpha value is -2.94. The summed E-state index contributed by atoms with van der Waals surface area (Å²) < 4.78 is 38.7. The smallest absolute Gasteiger partial charge is 0.335 e. The molecule has 0 bridgehead atoms. The number of alkyl halides is 3. The molecule has 1 aromatic carbocycles. The molecule has 1 amide bonds. The van der Waals surface area contributed by atoms with E-state index >= 15 is 0 Å². The number of amides is 1. The number of rotatable bonds is 4. The van der Waals surface area contributed by atoms with Crippen molar-refractivity contribution in [2.24, 2.45) is 0 Å². The van der Waals surface area contributed by atoms with Crippen molar-refractivity contribution in [3.8, 4) is 0 Å². The summed E-state index contributed by atoms with van der Waals surface area (Å²) >= 11 is 1.28. The number of benzene rings is 1. The molecule has 0 aliphatic carbocycles. The van der Waals surface area contributed by atoms with E-state index in [0.717, 1.165) is 12.1 Å². The highest BCUT2D eigenvalue weighted by molar-refractivity contribution is 7.17. The molecular formula is C18H14F3N3O2S. The second-order valence-electron chi connectivity index (χ2n) is 5.80. The van der Waals surface area contributed by atoms with Gasteiger partial charge in [0.15, 0.2) is 0 Å². The van der Waals surface area contributed by atoms with Gasteiger partial charge in [0, 0.05) is 13.1 Å². The summed E-state index contributed by atoms with van der Waals surface area (Å²) in [7, 11) is 1.51. The van der Waals surface area contributed by atoms with Crippen LogP contribution < -0.4 is 5.56 Å². The minimum absolute atomic E-state index is 0.0623. The van der Waals surface area contributed by atoms with E-state index in [9.17, 15) is 22.8 Å². The molecule has 0 unspecified atom stereocenters. The lowest BCUT2D eigenvalue weighted by atomic mass is 10.1. The zero-order chi connectivity index (χ0) is 19.6. The molecular weight excluding hydrogens is 379 g/mol. The molecule has 5 nitrogen and oxygen atoms in total. The van der Waals surface area contributed by atoms with Gasteiger partial charge >= 0.3 is 6.18 Å². The Labute approximate surface area is 155 Å². The van der Waals surface area contributed by atoms with E-state index < -0.39 is 17.6 Å². The number of hydrogen-bond acceptors (Lipinski definition) is 4. The number of carbonyl (C=O) groups is 1. The quantitative estimate of drug-likeness (QED) is 0.688. The molecule has 0 saturated heterocycles. The van der Waals surface area contributed by atoms with Gasteiger partial charge in [-0.25, -0.2) is 4.98 Å². The Morgan fingerprint density at radius 3 is 2.85 bits per heavy atom. The normalized spacial score (nSPS) is 12.0. The highest BCUT2D eigenvalue weighted by atomic mass is 32.1. The number of aromatic nitrogens is 2. The molecule has 3 aromatic rings.